The molecule has 0 spiro atoms. The van der Waals surface area contributed by atoms with Crippen molar-refractivity contribution in [2.24, 2.45) is 0 Å². The van der Waals surface area contributed by atoms with E-state index in [2.05, 4.69) is 227 Å². The number of hydrogen-bond acceptors (Lipinski definition) is 4. The van der Waals surface area contributed by atoms with Gasteiger partial charge in [-0.1, -0.05) is 91.0 Å². The molecule has 0 saturated heterocycles. The summed E-state index contributed by atoms with van der Waals surface area (Å²) in [6.45, 7) is 0. The van der Waals surface area contributed by atoms with Gasteiger partial charge in [0.2, 0.25) is 0 Å². The molecule has 0 bridgehead atoms. The zero-order chi connectivity index (χ0) is 34.7. The number of thiophene rings is 1. The predicted molar refractivity (Wildman–Crippen MR) is 223 cm³/mol. The lowest BCUT2D eigenvalue weighted by molar-refractivity contribution is 1.25. The summed E-state index contributed by atoms with van der Waals surface area (Å²) in [5.41, 5.74) is 9.93. The Labute approximate surface area is 308 Å². The molecule has 9 aromatic rings. The number of para-hydroxylation sites is 4. The van der Waals surface area contributed by atoms with Gasteiger partial charge in [0.15, 0.2) is 0 Å². The van der Waals surface area contributed by atoms with Gasteiger partial charge in [-0.25, -0.2) is 0 Å². The zero-order valence-corrected chi connectivity index (χ0v) is 29.3. The lowest BCUT2D eigenvalue weighted by atomic mass is 10.1. The van der Waals surface area contributed by atoms with Crippen LogP contribution in [0.2, 0.25) is 0 Å². The van der Waals surface area contributed by atoms with Gasteiger partial charge in [-0.2, -0.15) is 0 Å². The molecule has 3 nitrogen and oxygen atoms in total. The fraction of sp³-hybridized carbons (Fsp3) is 0. The molecule has 4 heteroatoms. The molecule has 0 aliphatic carbocycles. The van der Waals surface area contributed by atoms with E-state index in [1.165, 1.54) is 20.2 Å². The Kier molecular flexibility index (Phi) is 8.41. The second kappa shape index (κ2) is 13.9. The minimum absolute atomic E-state index is 1.08. The van der Waals surface area contributed by atoms with Crippen molar-refractivity contribution >= 4 is 82.7 Å². The molecule has 52 heavy (non-hydrogen) atoms. The molecule has 0 N–H and O–H groups in total. The maximum absolute atomic E-state index is 2.37. The number of hydrogen-bond donors (Lipinski definition) is 0. The highest BCUT2D eigenvalue weighted by molar-refractivity contribution is 7.25. The molecule has 0 amide bonds. The van der Waals surface area contributed by atoms with E-state index in [1.807, 2.05) is 11.3 Å². The van der Waals surface area contributed by atoms with E-state index < -0.39 is 0 Å². The summed E-state index contributed by atoms with van der Waals surface area (Å²) in [6.07, 6.45) is 0. The average Bonchev–Trinajstić information content (AvgIpc) is 3.59. The first-order valence-corrected chi connectivity index (χ1v) is 18.3. The number of nitrogens with zero attached hydrogens (tertiary/aromatic N) is 3. The van der Waals surface area contributed by atoms with Crippen LogP contribution >= 0.6 is 11.3 Å². The van der Waals surface area contributed by atoms with Crippen LogP contribution in [0.25, 0.3) is 20.2 Å². The smallest absolute Gasteiger partial charge is 0.0468 e. The van der Waals surface area contributed by atoms with Gasteiger partial charge in [0.1, 0.15) is 0 Å². The van der Waals surface area contributed by atoms with E-state index in [9.17, 15) is 0 Å². The van der Waals surface area contributed by atoms with Gasteiger partial charge in [-0.3, -0.25) is 0 Å². The van der Waals surface area contributed by atoms with E-state index >= 15 is 0 Å². The average molecular weight is 686 g/mol. The summed E-state index contributed by atoms with van der Waals surface area (Å²) in [6, 6.07) is 75.6. The summed E-state index contributed by atoms with van der Waals surface area (Å²) in [5.74, 6) is 0. The molecule has 9 rings (SSSR count). The molecule has 0 aliphatic rings. The first-order valence-electron chi connectivity index (χ1n) is 17.5. The second-order valence-electron chi connectivity index (χ2n) is 12.7. The fourth-order valence-corrected chi connectivity index (χ4v) is 8.09. The van der Waals surface area contributed by atoms with E-state index in [1.54, 1.807) is 0 Å². The molecule has 0 fully saturated rings. The largest absolute Gasteiger partial charge is 0.311 e. The Hall–Kier alpha value is -6.62. The first-order chi connectivity index (χ1) is 25.8. The molecule has 248 valence electrons. The normalized spacial score (nSPS) is 11.1. The minimum atomic E-state index is 1.08. The molecule has 1 heterocycles. The fourth-order valence-electron chi connectivity index (χ4n) is 7.00. The number of benzene rings is 8. The topological polar surface area (TPSA) is 9.72 Å². The van der Waals surface area contributed by atoms with Crippen molar-refractivity contribution in [3.8, 4) is 0 Å². The molecule has 0 radical (unpaired) electrons. The standard InChI is InChI=1S/C48H35N3S/c1-5-15-36(16-6-1)49(37-17-7-2-8-18-37)40-25-29-42(30-26-40)51(44-33-34-48-46(35-44)45-23-13-14-24-47(45)52-48)43-31-27-41(28-32-43)50(38-19-9-3-10-20-38)39-21-11-4-12-22-39/h1-35H. The van der Waals surface area contributed by atoms with Crippen LogP contribution in [0, 0.1) is 0 Å². The molecular weight excluding hydrogens is 651 g/mol. The minimum Gasteiger partial charge on any atom is -0.311 e. The molecule has 0 unspecified atom stereocenters. The Balaban J connectivity index is 1.16. The summed E-state index contributed by atoms with van der Waals surface area (Å²) in [5, 5.41) is 2.56. The van der Waals surface area contributed by atoms with E-state index in [4.69, 9.17) is 0 Å². The monoisotopic (exact) mass is 685 g/mol. The summed E-state index contributed by atoms with van der Waals surface area (Å²) < 4.78 is 2.59. The van der Waals surface area contributed by atoms with Gasteiger partial charge >= 0.3 is 0 Å². The Morgan fingerprint density at radius 1 is 0.231 bits per heavy atom. The summed E-state index contributed by atoms with van der Waals surface area (Å²) in [7, 11) is 0. The summed E-state index contributed by atoms with van der Waals surface area (Å²) in [4.78, 5) is 6.96. The molecular formula is C48H35N3S. The van der Waals surface area contributed by atoms with Crippen LogP contribution < -0.4 is 14.7 Å². The third kappa shape index (κ3) is 6.06. The van der Waals surface area contributed by atoms with Crippen LogP contribution in [-0.4, -0.2) is 0 Å². The zero-order valence-electron chi connectivity index (χ0n) is 28.5. The van der Waals surface area contributed by atoms with Crippen LogP contribution in [0.1, 0.15) is 0 Å². The highest BCUT2D eigenvalue weighted by Crippen LogP contribution is 2.43. The molecule has 0 atom stereocenters. The van der Waals surface area contributed by atoms with Crippen molar-refractivity contribution in [3.63, 3.8) is 0 Å². The lowest BCUT2D eigenvalue weighted by Crippen LogP contribution is -2.13. The van der Waals surface area contributed by atoms with Crippen LogP contribution in [-0.2, 0) is 0 Å². The third-order valence-corrected chi connectivity index (χ3v) is 10.6. The van der Waals surface area contributed by atoms with Crippen LogP contribution in [0.15, 0.2) is 212 Å². The number of rotatable bonds is 9. The highest BCUT2D eigenvalue weighted by atomic mass is 32.1. The lowest BCUT2D eigenvalue weighted by Gasteiger charge is -2.29. The Morgan fingerprint density at radius 2 is 0.519 bits per heavy atom. The van der Waals surface area contributed by atoms with Crippen molar-refractivity contribution in [2.45, 2.75) is 0 Å². The van der Waals surface area contributed by atoms with E-state index in [-0.39, 0.29) is 0 Å². The van der Waals surface area contributed by atoms with Crippen LogP contribution in [0.5, 0.6) is 0 Å². The number of anilines is 9. The third-order valence-electron chi connectivity index (χ3n) is 9.41. The van der Waals surface area contributed by atoms with Gasteiger partial charge in [-0.15, -0.1) is 11.3 Å². The van der Waals surface area contributed by atoms with Crippen molar-refractivity contribution < 1.29 is 0 Å². The van der Waals surface area contributed by atoms with Crippen molar-refractivity contribution in [1.29, 1.82) is 0 Å². The number of fused-ring (bicyclic) bond motifs is 3. The maximum atomic E-state index is 2.37. The SMILES string of the molecule is c1ccc(N(c2ccccc2)c2ccc(N(c3ccc(N(c4ccccc4)c4ccccc4)cc3)c3ccc4sc5ccccc5c4c3)cc2)cc1. The first kappa shape index (κ1) is 31.4. The van der Waals surface area contributed by atoms with Gasteiger partial charge in [0.05, 0.1) is 0 Å². The van der Waals surface area contributed by atoms with Gasteiger partial charge < -0.3 is 14.7 Å². The van der Waals surface area contributed by atoms with Crippen molar-refractivity contribution in [2.75, 3.05) is 14.7 Å². The van der Waals surface area contributed by atoms with Crippen LogP contribution in [0.3, 0.4) is 0 Å². The van der Waals surface area contributed by atoms with E-state index in [0.29, 0.717) is 0 Å². The molecule has 0 aliphatic heterocycles. The predicted octanol–water partition coefficient (Wildman–Crippen LogP) is 14.5. The quantitative estimate of drug-likeness (QED) is 0.150. The van der Waals surface area contributed by atoms with Gasteiger partial charge in [-0.05, 0) is 121 Å². The van der Waals surface area contributed by atoms with Gasteiger partial charge in [0.25, 0.3) is 0 Å². The van der Waals surface area contributed by atoms with Gasteiger partial charge in [0, 0.05) is 71.4 Å². The maximum Gasteiger partial charge on any atom is 0.0468 e. The van der Waals surface area contributed by atoms with Crippen LogP contribution in [0.4, 0.5) is 51.2 Å². The molecule has 8 aromatic carbocycles. The second-order valence-corrected chi connectivity index (χ2v) is 13.7. The molecule has 1 aromatic heterocycles. The van der Waals surface area contributed by atoms with Crippen molar-refractivity contribution in [1.82, 2.24) is 0 Å². The summed E-state index contributed by atoms with van der Waals surface area (Å²) >= 11 is 1.85. The van der Waals surface area contributed by atoms with E-state index in [0.717, 1.165) is 51.2 Å². The molecule has 0 saturated carbocycles. The Bertz CT molecular complexity index is 2350. The Morgan fingerprint density at radius 3 is 0.923 bits per heavy atom. The van der Waals surface area contributed by atoms with Crippen molar-refractivity contribution in [3.05, 3.63) is 212 Å². The highest BCUT2D eigenvalue weighted by Gasteiger charge is 2.19.